The summed E-state index contributed by atoms with van der Waals surface area (Å²) < 4.78 is 213. The monoisotopic (exact) mass is 1910 g/mol. The number of benzene rings is 8. The third-order valence-electron chi connectivity index (χ3n) is 18.4. The van der Waals surface area contributed by atoms with Gasteiger partial charge in [0.05, 0.1) is 68.1 Å². The average Bonchev–Trinajstić information content (AvgIpc) is 0.723. The highest BCUT2D eigenvalue weighted by molar-refractivity contribution is 7.87. The van der Waals surface area contributed by atoms with Crippen LogP contribution < -0.4 is 87.0 Å². The lowest BCUT2D eigenvalue weighted by atomic mass is 10.2. The Bertz CT molecular complexity index is 7200. The number of nitrogens with one attached hydrogen (secondary N) is 6. The van der Waals surface area contributed by atoms with Crippen molar-refractivity contribution in [2.24, 2.45) is 20.0 Å². The summed E-state index contributed by atoms with van der Waals surface area (Å²) in [7, 11) is -26.8. The number of anilines is 15. The fraction of sp³-hybridized carbons (Fsp3) is 0.186. The molecule has 8 aromatic carbocycles. The topological polar surface area (TPSA) is 678 Å². The molecule has 0 amide bonds. The number of hydrogen-bond donors (Lipinski definition) is 17. The maximum Gasteiger partial charge on any atom is 0.300 e. The molecule has 3 aromatic heterocycles. The van der Waals surface area contributed by atoms with Gasteiger partial charge in [-0.05, 0) is 79.2 Å². The SMILES string of the molecule is Cc1ccccc1Nc1nc(Nc2ccc3c(c2S(=O)(=O)O)Oc2c(Cl)c4c(c(Cl)c2=N3)Oc2c(ccc(Nc3nc(Nc5ccc6c(c5S(=O)(=O)O)Oc5c(Cl)c7c(c(Cl)c5=N6)Oc5c(ccc(Nc6nc(Nc8ccccc8S(=O)(=O)O)nc(N(CCO)CCO)n6)c5S(=O)(=O)O)N=7)nc(N(CCO)CCO)n3)c2S(=O)(=O)O)N=4)nc(N(CCO)CCO)n1. The number of aryl methyl sites for hydroxylation is 1. The molecule has 56 heteroatoms. The first-order valence-electron chi connectivity index (χ1n) is 36.1. The molecule has 7 heterocycles. The molecule has 0 fully saturated rings. The van der Waals surface area contributed by atoms with Gasteiger partial charge in [0.25, 0.3) is 50.6 Å². The number of para-hydroxylation sites is 2. The van der Waals surface area contributed by atoms with Crippen molar-refractivity contribution >= 4 is 207 Å². The van der Waals surface area contributed by atoms with Crippen molar-refractivity contribution in [2.75, 3.05) is 126 Å². The Kier molecular flexibility index (Phi) is 24.6. The summed E-state index contributed by atoms with van der Waals surface area (Å²) in [5, 5.41) is 72.7. The third-order valence-corrected chi connectivity index (χ3v) is 24.4. The lowest BCUT2D eigenvalue weighted by Crippen LogP contribution is -2.31. The molecule has 0 bridgehead atoms. The minimum absolute atomic E-state index is 0.0614. The highest BCUT2D eigenvalue weighted by Crippen LogP contribution is 2.53. The second-order valence-electron chi connectivity index (χ2n) is 26.6. The Morgan fingerprint density at radius 2 is 0.524 bits per heavy atom. The van der Waals surface area contributed by atoms with Gasteiger partial charge in [-0.2, -0.15) is 86.9 Å². The van der Waals surface area contributed by atoms with E-state index >= 15 is 0 Å². The average molecular weight is 1910 g/mol. The van der Waals surface area contributed by atoms with E-state index in [-0.39, 0.29) is 96.5 Å². The van der Waals surface area contributed by atoms with Crippen LogP contribution in [0.4, 0.5) is 110 Å². The van der Waals surface area contributed by atoms with Crippen molar-refractivity contribution in [1.29, 1.82) is 0 Å². The number of hydrogen-bond acceptors (Lipinski definition) is 42. The van der Waals surface area contributed by atoms with E-state index in [1.807, 2.05) is 13.0 Å². The zero-order chi connectivity index (χ0) is 90.0. The number of ether oxygens (including phenoxy) is 4. The number of fused-ring (bicyclic) bond motifs is 8. The van der Waals surface area contributed by atoms with Crippen LogP contribution in [0.3, 0.4) is 0 Å². The molecule has 15 rings (SSSR count). The Balaban J connectivity index is 0.751. The molecule has 4 aliphatic rings. The van der Waals surface area contributed by atoms with Crippen molar-refractivity contribution < 1.29 is 114 Å². The van der Waals surface area contributed by atoms with Gasteiger partial charge in [-0.1, -0.05) is 76.7 Å². The molecule has 658 valence electrons. The summed E-state index contributed by atoms with van der Waals surface area (Å²) in [5.41, 5.74) is -2.51. The van der Waals surface area contributed by atoms with Crippen LogP contribution >= 0.6 is 46.4 Å². The van der Waals surface area contributed by atoms with Gasteiger partial charge in [-0.3, -0.25) is 22.8 Å². The highest BCUT2D eigenvalue weighted by Gasteiger charge is 2.39. The molecular weight excluding hydrogens is 1850 g/mol. The smallest absolute Gasteiger partial charge is 0.300 e. The van der Waals surface area contributed by atoms with Crippen LogP contribution in [0.2, 0.25) is 20.1 Å². The minimum atomic E-state index is -5.56. The van der Waals surface area contributed by atoms with Gasteiger partial charge >= 0.3 is 0 Å². The standard InChI is InChI=1S/C70H60Cl4N22O25S5/c1-30-6-2-3-7-31(30)79-62-85-64(90-68(88-62)94(18-24-97)19-25-98)81-37-14-10-33-50(58(37)123(106,107)108)118-54-42(71)48-56(44(73)46(54)75-33)120-52-35(77-48)12-16-39(60(52)125(112,113)114)83-66-87-67(93-70(92-66)96(22-28-101)23-29-102)84-40-17-13-36-53(61(40)126(115,116)117)121-57-45(74)47-55(43(72)49(57)78-36)119-51-34(76-47)11-15-38(59(51)124(109,110)111)82-65-86-63(89-69(91-65)95(20-26-99)21-27-100)80-32-8-4-5-9-41(32)122(103,104)105/h2-17,97-102H,18-29H2,1H3,(H,103,104,105)(H,106,107,108)(H,109,110,111)(H,112,113,114)(H,115,116,117)(H2,79,81,85,88,90)(H2,80,82,86,89,91)(H2,83,84,87,92,93). The zero-order valence-corrected chi connectivity index (χ0v) is 70.7. The van der Waals surface area contributed by atoms with Crippen LogP contribution in [0.1, 0.15) is 5.56 Å². The largest absolute Gasteiger partial charge is 0.450 e. The molecule has 0 radical (unpaired) electrons. The molecule has 47 nitrogen and oxygen atoms in total. The van der Waals surface area contributed by atoms with Crippen LogP contribution in [-0.4, -0.2) is 219 Å². The van der Waals surface area contributed by atoms with Gasteiger partial charge < -0.3 is 96.2 Å². The van der Waals surface area contributed by atoms with Gasteiger partial charge in [0.1, 0.15) is 69.2 Å². The van der Waals surface area contributed by atoms with Crippen LogP contribution in [0.15, 0.2) is 142 Å². The van der Waals surface area contributed by atoms with Gasteiger partial charge in [0.15, 0.2) is 65.6 Å². The van der Waals surface area contributed by atoms with E-state index in [4.69, 9.17) is 65.4 Å². The van der Waals surface area contributed by atoms with Crippen LogP contribution in [0.5, 0.6) is 46.0 Å². The Hall–Kier alpha value is -12.1. The summed E-state index contributed by atoms with van der Waals surface area (Å²) in [6, 6.07) is 21.0. The van der Waals surface area contributed by atoms with Gasteiger partial charge in [-0.25, -0.2) is 20.0 Å². The first-order chi connectivity index (χ1) is 59.9. The summed E-state index contributed by atoms with van der Waals surface area (Å²) in [6.07, 6.45) is 0. The molecule has 0 unspecified atom stereocenters. The van der Waals surface area contributed by atoms with Crippen molar-refractivity contribution in [3.05, 3.63) is 144 Å². The Morgan fingerprint density at radius 3 is 0.762 bits per heavy atom. The van der Waals surface area contributed by atoms with E-state index in [1.54, 1.807) is 18.2 Å². The summed E-state index contributed by atoms with van der Waals surface area (Å²) >= 11 is 28.1. The molecule has 17 N–H and O–H groups in total. The number of aliphatic hydroxyl groups is 6. The molecular formula is C70H60Cl4N22O25S5. The lowest BCUT2D eigenvalue weighted by Gasteiger charge is -2.24. The van der Waals surface area contributed by atoms with Crippen LogP contribution in [-0.2, 0) is 50.6 Å². The number of aliphatic hydroxyl groups excluding tert-OH is 6. The predicted octanol–water partition coefficient (Wildman–Crippen LogP) is 6.46. The number of rotatable bonds is 32. The minimum Gasteiger partial charge on any atom is -0.450 e. The maximum absolute atomic E-state index is 13.8. The second-order valence-corrected chi connectivity index (χ2v) is 34.9. The number of aromatic nitrogens is 9. The Morgan fingerprint density at radius 1 is 0.294 bits per heavy atom. The van der Waals surface area contributed by atoms with E-state index in [0.717, 1.165) is 54.1 Å². The predicted molar refractivity (Wildman–Crippen MR) is 447 cm³/mol. The molecule has 11 aromatic rings. The van der Waals surface area contributed by atoms with Crippen LogP contribution in [0, 0.1) is 6.92 Å². The van der Waals surface area contributed by atoms with E-state index in [9.17, 15) is 95.5 Å². The molecule has 0 atom stereocenters. The lowest BCUT2D eigenvalue weighted by molar-refractivity contribution is 0.279. The fourth-order valence-electron chi connectivity index (χ4n) is 13.0. The number of nitrogens with zero attached hydrogens (tertiary/aromatic N) is 16. The summed E-state index contributed by atoms with van der Waals surface area (Å²) in [4.78, 5) is 56.3. The Labute approximate surface area is 728 Å². The van der Waals surface area contributed by atoms with Gasteiger partial charge in [-0.15, -0.1) is 0 Å². The molecule has 0 aliphatic carbocycles. The molecule has 0 saturated carbocycles. The molecule has 126 heavy (non-hydrogen) atoms. The first kappa shape index (κ1) is 88.7. The number of halogens is 4. The van der Waals surface area contributed by atoms with E-state index in [0.29, 0.717) is 5.69 Å². The van der Waals surface area contributed by atoms with E-state index < -0.39 is 250 Å². The highest BCUT2D eigenvalue weighted by atomic mass is 35.5. The maximum atomic E-state index is 13.8. The second kappa shape index (κ2) is 35.0. The van der Waals surface area contributed by atoms with E-state index in [2.05, 4.69) is 96.7 Å². The van der Waals surface area contributed by atoms with Gasteiger partial charge in [0.2, 0.25) is 53.5 Å². The third kappa shape index (κ3) is 17.8. The van der Waals surface area contributed by atoms with E-state index in [1.165, 1.54) is 39.0 Å². The molecule has 0 saturated heterocycles. The normalized spacial score (nSPS) is 12.9. The summed E-state index contributed by atoms with van der Waals surface area (Å²) in [5.74, 6) is -8.39. The van der Waals surface area contributed by atoms with Crippen LogP contribution in [0.25, 0.3) is 0 Å². The first-order valence-corrected chi connectivity index (χ1v) is 44.8. The summed E-state index contributed by atoms with van der Waals surface area (Å²) in [6.45, 7) is -2.36. The van der Waals surface area contributed by atoms with Crippen molar-refractivity contribution in [3.63, 3.8) is 0 Å². The fourth-order valence-corrected chi connectivity index (χ4v) is 17.8. The zero-order valence-electron chi connectivity index (χ0n) is 63.6. The quantitative estimate of drug-likeness (QED) is 0.0201. The molecule has 4 aliphatic heterocycles. The van der Waals surface area contributed by atoms with Gasteiger partial charge in [0, 0.05) is 45.0 Å². The van der Waals surface area contributed by atoms with Crippen molar-refractivity contribution in [1.82, 2.24) is 44.9 Å². The van der Waals surface area contributed by atoms with Crippen molar-refractivity contribution in [2.45, 2.75) is 31.4 Å². The van der Waals surface area contributed by atoms with Crippen molar-refractivity contribution in [3.8, 4) is 46.0 Å². The molecule has 0 spiro atoms.